The number of aromatic nitrogens is 2. The summed E-state index contributed by atoms with van der Waals surface area (Å²) in [4.78, 5) is 4.33. The largest absolute Gasteiger partial charge is 0.492 e. The summed E-state index contributed by atoms with van der Waals surface area (Å²) in [5, 5.41) is 0. The van der Waals surface area contributed by atoms with Crippen molar-refractivity contribution >= 4 is 21.6 Å². The lowest BCUT2D eigenvalue weighted by atomic mass is 10.2. The van der Waals surface area contributed by atoms with Crippen molar-refractivity contribution in [2.45, 2.75) is 19.3 Å². The van der Waals surface area contributed by atoms with Gasteiger partial charge in [0.05, 0.1) is 17.3 Å². The van der Waals surface area contributed by atoms with Gasteiger partial charge in [0.25, 0.3) is 0 Å². The van der Waals surface area contributed by atoms with Crippen molar-refractivity contribution < 1.29 is 9.13 Å². The maximum atomic E-state index is 14.1. The molecule has 17 heavy (non-hydrogen) atoms. The second kappa shape index (κ2) is 3.98. The van der Waals surface area contributed by atoms with Crippen LogP contribution in [-0.2, 0) is 6.42 Å². The number of imidazole rings is 1. The van der Waals surface area contributed by atoms with Crippen molar-refractivity contribution in [3.05, 3.63) is 28.4 Å². The van der Waals surface area contributed by atoms with E-state index in [2.05, 4.69) is 20.9 Å². The van der Waals surface area contributed by atoms with E-state index in [-0.39, 0.29) is 5.75 Å². The molecule has 0 aliphatic heterocycles. The predicted molar refractivity (Wildman–Crippen MR) is 65.8 cm³/mol. The Kier molecular flexibility index (Phi) is 2.58. The first-order valence-corrected chi connectivity index (χ1v) is 6.38. The van der Waals surface area contributed by atoms with Crippen molar-refractivity contribution in [1.29, 1.82) is 0 Å². The van der Waals surface area contributed by atoms with Gasteiger partial charge in [0.15, 0.2) is 11.4 Å². The van der Waals surface area contributed by atoms with E-state index >= 15 is 0 Å². The zero-order valence-electron chi connectivity index (χ0n) is 9.41. The Morgan fingerprint density at radius 2 is 2.29 bits per heavy atom. The molecule has 2 aromatic rings. The Morgan fingerprint density at radius 1 is 1.53 bits per heavy atom. The first-order chi connectivity index (χ1) is 8.19. The highest BCUT2D eigenvalue weighted by atomic mass is 79.9. The van der Waals surface area contributed by atoms with E-state index in [1.165, 1.54) is 20.0 Å². The number of ether oxygens (including phenoxy) is 1. The van der Waals surface area contributed by atoms with Crippen LogP contribution in [0.2, 0.25) is 0 Å². The standard InChI is InChI=1S/C12H12BrFN2O/c1-17-11-9(13)6-16-5-8(4-7-2-3-7)15-12(16)10(11)14/h5-7H,2-4H2,1H3. The van der Waals surface area contributed by atoms with E-state index in [0.717, 1.165) is 18.0 Å². The molecule has 1 aliphatic carbocycles. The van der Waals surface area contributed by atoms with Gasteiger partial charge in [-0.2, -0.15) is 4.39 Å². The van der Waals surface area contributed by atoms with E-state index < -0.39 is 5.82 Å². The summed E-state index contributed by atoms with van der Waals surface area (Å²) in [7, 11) is 1.45. The average molecular weight is 299 g/mol. The van der Waals surface area contributed by atoms with Gasteiger partial charge in [-0.25, -0.2) is 4.98 Å². The highest BCUT2D eigenvalue weighted by molar-refractivity contribution is 9.10. The van der Waals surface area contributed by atoms with Gasteiger partial charge in [-0.3, -0.25) is 0 Å². The van der Waals surface area contributed by atoms with Gasteiger partial charge in [-0.05, 0) is 41.1 Å². The Labute approximate surface area is 107 Å². The highest BCUT2D eigenvalue weighted by Gasteiger charge is 2.23. The van der Waals surface area contributed by atoms with Gasteiger partial charge in [0.2, 0.25) is 5.82 Å². The predicted octanol–water partition coefficient (Wildman–Crippen LogP) is 3.20. The molecular weight excluding hydrogens is 287 g/mol. The second-order valence-corrected chi connectivity index (χ2v) is 5.29. The molecule has 0 aromatic carbocycles. The molecule has 0 bridgehead atoms. The molecule has 2 aromatic heterocycles. The van der Waals surface area contributed by atoms with E-state index in [1.807, 2.05) is 6.20 Å². The van der Waals surface area contributed by atoms with Crippen molar-refractivity contribution in [3.8, 4) is 5.75 Å². The van der Waals surface area contributed by atoms with Crippen LogP contribution < -0.4 is 4.74 Å². The Balaban J connectivity index is 2.10. The van der Waals surface area contributed by atoms with E-state index in [4.69, 9.17) is 4.74 Å². The summed E-state index contributed by atoms with van der Waals surface area (Å²) in [6.45, 7) is 0. The van der Waals surface area contributed by atoms with Crippen molar-refractivity contribution in [2.75, 3.05) is 7.11 Å². The molecule has 0 radical (unpaired) electrons. The number of halogens is 2. The molecule has 1 saturated carbocycles. The molecule has 0 unspecified atom stereocenters. The quantitative estimate of drug-likeness (QED) is 0.870. The number of pyridine rings is 1. The van der Waals surface area contributed by atoms with E-state index in [0.29, 0.717) is 10.1 Å². The third-order valence-corrected chi connectivity index (χ3v) is 3.61. The van der Waals surface area contributed by atoms with Gasteiger partial charge in [-0.15, -0.1) is 0 Å². The van der Waals surface area contributed by atoms with Crippen LogP contribution in [0.25, 0.3) is 5.65 Å². The number of hydrogen-bond donors (Lipinski definition) is 0. The fourth-order valence-corrected chi connectivity index (χ4v) is 2.55. The molecule has 1 fully saturated rings. The third-order valence-electron chi connectivity index (χ3n) is 3.05. The molecule has 5 heteroatoms. The summed E-state index contributed by atoms with van der Waals surface area (Å²) in [5.41, 5.74) is 1.28. The highest BCUT2D eigenvalue weighted by Crippen LogP contribution is 2.34. The Bertz CT molecular complexity index is 577. The molecule has 2 heterocycles. The Hall–Kier alpha value is -1.10. The van der Waals surface area contributed by atoms with Crippen LogP contribution in [0.3, 0.4) is 0 Å². The van der Waals surface area contributed by atoms with Crippen LogP contribution in [0.15, 0.2) is 16.9 Å². The molecule has 3 rings (SSSR count). The number of hydrogen-bond acceptors (Lipinski definition) is 2. The van der Waals surface area contributed by atoms with Gasteiger partial charge in [0.1, 0.15) is 0 Å². The van der Waals surface area contributed by atoms with Crippen LogP contribution in [0.5, 0.6) is 5.75 Å². The summed E-state index contributed by atoms with van der Waals surface area (Å²) >= 11 is 3.29. The second-order valence-electron chi connectivity index (χ2n) is 4.43. The third kappa shape index (κ3) is 1.92. The fraction of sp³-hybridized carbons (Fsp3) is 0.417. The van der Waals surface area contributed by atoms with Crippen LogP contribution in [-0.4, -0.2) is 16.5 Å². The molecule has 0 N–H and O–H groups in total. The van der Waals surface area contributed by atoms with Crippen LogP contribution >= 0.6 is 15.9 Å². The number of rotatable bonds is 3. The van der Waals surface area contributed by atoms with Crippen molar-refractivity contribution in [3.63, 3.8) is 0 Å². The number of nitrogens with zero attached hydrogens (tertiary/aromatic N) is 2. The minimum absolute atomic E-state index is 0.209. The zero-order valence-corrected chi connectivity index (χ0v) is 11.0. The normalized spacial score (nSPS) is 15.5. The van der Waals surface area contributed by atoms with Crippen molar-refractivity contribution in [1.82, 2.24) is 9.38 Å². The maximum Gasteiger partial charge on any atom is 0.209 e. The first kappa shape index (κ1) is 11.0. The number of fused-ring (bicyclic) bond motifs is 1. The topological polar surface area (TPSA) is 26.5 Å². The minimum atomic E-state index is -0.413. The van der Waals surface area contributed by atoms with Gasteiger partial charge >= 0.3 is 0 Å². The SMILES string of the molecule is COc1c(Br)cn2cc(CC3CC3)nc2c1F. The lowest BCUT2D eigenvalue weighted by Gasteiger charge is -2.05. The molecule has 0 saturated heterocycles. The molecule has 0 amide bonds. The molecule has 0 atom stereocenters. The summed E-state index contributed by atoms with van der Waals surface area (Å²) in [6.07, 6.45) is 7.15. The van der Waals surface area contributed by atoms with Gasteiger partial charge in [-0.1, -0.05) is 0 Å². The molecule has 3 nitrogen and oxygen atoms in total. The van der Waals surface area contributed by atoms with E-state index in [9.17, 15) is 4.39 Å². The van der Waals surface area contributed by atoms with Crippen molar-refractivity contribution in [2.24, 2.45) is 5.92 Å². The fourth-order valence-electron chi connectivity index (χ4n) is 2.00. The maximum absolute atomic E-state index is 14.1. The Morgan fingerprint density at radius 3 is 2.94 bits per heavy atom. The van der Waals surface area contributed by atoms with Crippen LogP contribution in [0.1, 0.15) is 18.5 Å². The monoisotopic (exact) mass is 298 g/mol. The van der Waals surface area contributed by atoms with Gasteiger partial charge in [0, 0.05) is 12.4 Å². The summed E-state index contributed by atoms with van der Waals surface area (Å²) in [5.74, 6) is 0.540. The van der Waals surface area contributed by atoms with Gasteiger partial charge < -0.3 is 9.14 Å². The van der Waals surface area contributed by atoms with Crippen LogP contribution in [0, 0.1) is 11.7 Å². The molecule has 0 spiro atoms. The average Bonchev–Trinajstić information content (AvgIpc) is 2.99. The number of methoxy groups -OCH3 is 1. The molecular formula is C12H12BrFN2O. The smallest absolute Gasteiger partial charge is 0.209 e. The lowest BCUT2D eigenvalue weighted by Crippen LogP contribution is -1.95. The zero-order chi connectivity index (χ0) is 12.0. The minimum Gasteiger partial charge on any atom is -0.492 e. The van der Waals surface area contributed by atoms with E-state index in [1.54, 1.807) is 10.6 Å². The van der Waals surface area contributed by atoms with Crippen LogP contribution in [0.4, 0.5) is 4.39 Å². The lowest BCUT2D eigenvalue weighted by molar-refractivity contribution is 0.384. The molecule has 90 valence electrons. The molecule has 1 aliphatic rings. The first-order valence-electron chi connectivity index (χ1n) is 5.58. The summed E-state index contributed by atoms with van der Waals surface area (Å²) in [6, 6.07) is 0. The summed E-state index contributed by atoms with van der Waals surface area (Å²) < 4.78 is 21.4.